The molecule has 0 aliphatic rings. The van der Waals surface area contributed by atoms with Gasteiger partial charge in [-0.3, -0.25) is 0 Å². The Morgan fingerprint density at radius 1 is 0.455 bits per heavy atom. The van der Waals surface area contributed by atoms with Gasteiger partial charge in [0.15, 0.2) is 11.6 Å². The first-order chi connectivity index (χ1) is 21.3. The third-order valence-corrected chi connectivity index (χ3v) is 8.83. The van der Waals surface area contributed by atoms with Gasteiger partial charge >= 0.3 is 0 Å². The molecule has 218 valence electrons. The molecule has 3 heterocycles. The summed E-state index contributed by atoms with van der Waals surface area (Å²) in [6.07, 6.45) is 0. The number of aromatic nitrogens is 5. The maximum atomic E-state index is 5.26. The van der Waals surface area contributed by atoms with Crippen LogP contribution in [0.25, 0.3) is 45.1 Å². The van der Waals surface area contributed by atoms with E-state index in [2.05, 4.69) is 130 Å². The highest BCUT2D eigenvalue weighted by molar-refractivity contribution is 5.82. The summed E-state index contributed by atoms with van der Waals surface area (Å²) < 4.78 is 4.63. The van der Waals surface area contributed by atoms with Gasteiger partial charge in [-0.2, -0.15) is 0 Å². The normalized spacial score (nSPS) is 11.6. The van der Waals surface area contributed by atoms with E-state index in [0.717, 1.165) is 58.2 Å². The summed E-state index contributed by atoms with van der Waals surface area (Å²) in [5.74, 6) is 1.72. The smallest absolute Gasteiger partial charge is 0.160 e. The summed E-state index contributed by atoms with van der Waals surface area (Å²) in [6.45, 7) is 14.6. The number of nitrogens with zero attached hydrogens (tertiary/aromatic N) is 5. The first-order valence-electron chi connectivity index (χ1n) is 15.3. The fraction of sp³-hybridized carbons (Fsp3) is 0.205. The Kier molecular flexibility index (Phi) is 6.89. The molecule has 0 N–H and O–H groups in total. The second-order valence-corrected chi connectivity index (χ2v) is 12.2. The summed E-state index contributed by atoms with van der Waals surface area (Å²) in [5, 5.41) is 0. The molecule has 7 rings (SSSR count). The average Bonchev–Trinajstić information content (AvgIpc) is 3.55. The number of aryl methyl sites for hydroxylation is 6. The molecule has 3 aromatic heterocycles. The van der Waals surface area contributed by atoms with Crippen LogP contribution in [0.1, 0.15) is 44.5 Å². The van der Waals surface area contributed by atoms with Crippen molar-refractivity contribution >= 4 is 22.1 Å². The van der Waals surface area contributed by atoms with Crippen LogP contribution in [0.5, 0.6) is 0 Å². The number of pyridine rings is 1. The molecule has 0 radical (unpaired) electrons. The van der Waals surface area contributed by atoms with E-state index in [-0.39, 0.29) is 0 Å². The van der Waals surface area contributed by atoms with E-state index in [0.29, 0.717) is 0 Å². The molecule has 0 aliphatic heterocycles. The van der Waals surface area contributed by atoms with Crippen molar-refractivity contribution in [2.45, 2.75) is 54.6 Å². The monoisotopic (exact) mass is 575 g/mol. The Balaban J connectivity index is 1.38. The number of hydrogen-bond donors (Lipinski definition) is 0. The molecule has 44 heavy (non-hydrogen) atoms. The minimum absolute atomic E-state index is 0.726. The van der Waals surface area contributed by atoms with Gasteiger partial charge in [0.05, 0.1) is 35.2 Å². The van der Waals surface area contributed by atoms with Crippen molar-refractivity contribution in [1.29, 1.82) is 0 Å². The van der Waals surface area contributed by atoms with Crippen LogP contribution >= 0.6 is 0 Å². The summed E-state index contributed by atoms with van der Waals surface area (Å²) in [4.78, 5) is 15.5. The fourth-order valence-corrected chi connectivity index (χ4v) is 6.78. The summed E-state index contributed by atoms with van der Waals surface area (Å²) in [6, 6.07) is 32.0. The predicted octanol–water partition coefficient (Wildman–Crippen LogP) is 9.06. The molecule has 0 bridgehead atoms. The summed E-state index contributed by atoms with van der Waals surface area (Å²) >= 11 is 0. The Hall–Kier alpha value is -5.03. The van der Waals surface area contributed by atoms with Crippen molar-refractivity contribution < 1.29 is 0 Å². The van der Waals surface area contributed by atoms with Crippen LogP contribution in [0.2, 0.25) is 0 Å². The van der Waals surface area contributed by atoms with Crippen molar-refractivity contribution in [2.24, 2.45) is 0 Å². The van der Waals surface area contributed by atoms with E-state index in [1.807, 2.05) is 12.1 Å². The highest BCUT2D eigenvalue weighted by Gasteiger charge is 2.20. The molecule has 0 unspecified atom stereocenters. The molecular formula is C39H37N5. The molecule has 0 aliphatic carbocycles. The molecule has 7 aromatic rings. The molecular weight excluding hydrogens is 538 g/mol. The minimum atomic E-state index is 0.726. The predicted molar refractivity (Wildman–Crippen MR) is 181 cm³/mol. The molecule has 0 atom stereocenters. The molecule has 0 fully saturated rings. The number of para-hydroxylation sites is 4. The van der Waals surface area contributed by atoms with E-state index in [9.17, 15) is 0 Å². The lowest BCUT2D eigenvalue weighted by Gasteiger charge is -2.16. The first kappa shape index (κ1) is 27.8. The Morgan fingerprint density at radius 2 is 0.841 bits per heavy atom. The van der Waals surface area contributed by atoms with Gasteiger partial charge in [-0.25, -0.2) is 15.0 Å². The highest BCUT2D eigenvalue weighted by Crippen LogP contribution is 2.31. The second-order valence-electron chi connectivity index (χ2n) is 12.2. The zero-order valence-electron chi connectivity index (χ0n) is 26.3. The SMILES string of the molecule is Cc1cc(C)c(Cn2c(-c3cccc(-c4nc5ccccc5n4Cc4c(C)cc(C)cc4C)n3)nc3ccccc32)c(C)c1. The second kappa shape index (κ2) is 10.9. The van der Waals surface area contributed by atoms with Gasteiger partial charge in [-0.05, 0) is 111 Å². The van der Waals surface area contributed by atoms with E-state index in [4.69, 9.17) is 15.0 Å². The van der Waals surface area contributed by atoms with Crippen molar-refractivity contribution in [3.63, 3.8) is 0 Å². The van der Waals surface area contributed by atoms with Crippen LogP contribution in [0.4, 0.5) is 0 Å². The quantitative estimate of drug-likeness (QED) is 0.199. The van der Waals surface area contributed by atoms with Crippen molar-refractivity contribution in [3.05, 3.63) is 136 Å². The third-order valence-electron chi connectivity index (χ3n) is 8.83. The fourth-order valence-electron chi connectivity index (χ4n) is 6.78. The van der Waals surface area contributed by atoms with Crippen LogP contribution < -0.4 is 0 Å². The number of benzene rings is 4. The van der Waals surface area contributed by atoms with E-state index in [1.165, 1.54) is 44.5 Å². The standard InChI is InChI=1S/C39H37N5/c1-24-18-26(3)30(27(4)19-24)22-43-36-16-9-7-12-32(36)41-38(43)34-14-11-15-35(40-34)39-42-33-13-8-10-17-37(33)44(39)23-31-28(5)20-25(2)21-29(31)6/h7-21H,22-23H2,1-6H3. The average molecular weight is 576 g/mol. The van der Waals surface area contributed by atoms with Gasteiger partial charge in [0, 0.05) is 0 Å². The Bertz CT molecular complexity index is 2000. The van der Waals surface area contributed by atoms with Crippen LogP contribution in [0, 0.1) is 41.5 Å². The van der Waals surface area contributed by atoms with E-state index >= 15 is 0 Å². The lowest BCUT2D eigenvalue weighted by atomic mass is 9.99. The third kappa shape index (κ3) is 4.88. The molecule has 5 heteroatoms. The maximum Gasteiger partial charge on any atom is 0.160 e. The lowest BCUT2D eigenvalue weighted by Crippen LogP contribution is -2.08. The molecule has 4 aromatic carbocycles. The summed E-state index contributed by atoms with van der Waals surface area (Å²) in [5.41, 5.74) is 16.2. The van der Waals surface area contributed by atoms with Gasteiger partial charge < -0.3 is 9.13 Å². The number of fused-ring (bicyclic) bond motifs is 2. The molecule has 0 saturated carbocycles. The molecule has 0 saturated heterocycles. The first-order valence-corrected chi connectivity index (χ1v) is 15.3. The van der Waals surface area contributed by atoms with Crippen LogP contribution in [-0.2, 0) is 13.1 Å². The summed E-state index contributed by atoms with van der Waals surface area (Å²) in [7, 11) is 0. The van der Waals surface area contributed by atoms with Gasteiger partial charge in [-0.1, -0.05) is 65.7 Å². The minimum Gasteiger partial charge on any atom is -0.318 e. The topological polar surface area (TPSA) is 48.5 Å². The van der Waals surface area contributed by atoms with Crippen LogP contribution in [-0.4, -0.2) is 24.1 Å². The van der Waals surface area contributed by atoms with Crippen molar-refractivity contribution in [1.82, 2.24) is 24.1 Å². The highest BCUT2D eigenvalue weighted by atomic mass is 15.1. The maximum absolute atomic E-state index is 5.26. The van der Waals surface area contributed by atoms with Gasteiger partial charge in [0.2, 0.25) is 0 Å². The van der Waals surface area contributed by atoms with Crippen molar-refractivity contribution in [3.8, 4) is 23.0 Å². The van der Waals surface area contributed by atoms with E-state index < -0.39 is 0 Å². The van der Waals surface area contributed by atoms with Gasteiger partial charge in [0.1, 0.15) is 11.4 Å². The van der Waals surface area contributed by atoms with Crippen molar-refractivity contribution in [2.75, 3.05) is 0 Å². The van der Waals surface area contributed by atoms with Gasteiger partial charge in [0.25, 0.3) is 0 Å². The largest absolute Gasteiger partial charge is 0.318 e. The zero-order valence-corrected chi connectivity index (χ0v) is 26.3. The number of rotatable bonds is 6. The Morgan fingerprint density at radius 3 is 1.25 bits per heavy atom. The number of hydrogen-bond acceptors (Lipinski definition) is 3. The zero-order chi connectivity index (χ0) is 30.5. The molecule has 0 amide bonds. The van der Waals surface area contributed by atoms with Gasteiger partial charge in [-0.15, -0.1) is 0 Å². The van der Waals surface area contributed by atoms with Crippen LogP contribution in [0.3, 0.4) is 0 Å². The Labute approximate surface area is 258 Å². The van der Waals surface area contributed by atoms with E-state index in [1.54, 1.807) is 0 Å². The lowest BCUT2D eigenvalue weighted by molar-refractivity contribution is 0.812. The molecule has 5 nitrogen and oxygen atoms in total. The number of imidazole rings is 2. The molecule has 0 spiro atoms. The van der Waals surface area contributed by atoms with Crippen LogP contribution in [0.15, 0.2) is 91.0 Å².